The quantitative estimate of drug-likeness (QED) is 0.885. The maximum absolute atomic E-state index is 12.3. The fraction of sp³-hybridized carbons (Fsp3) is 0.500. The van der Waals surface area contributed by atoms with Gasteiger partial charge in [0.1, 0.15) is 0 Å². The molecule has 1 amide bonds. The second-order valence-electron chi connectivity index (χ2n) is 6.11. The molecule has 1 atom stereocenters. The molecule has 0 heterocycles. The minimum Gasteiger partial charge on any atom is -0.366 e. The average molecular weight is 296 g/mol. The van der Waals surface area contributed by atoms with Gasteiger partial charge in [-0.25, -0.2) is 13.1 Å². The maximum Gasteiger partial charge on any atom is 0.248 e. The normalized spacial score (nSPS) is 21.8. The van der Waals surface area contributed by atoms with Crippen molar-refractivity contribution in [1.82, 2.24) is 4.72 Å². The number of nitrogens with two attached hydrogens (primary N) is 1. The predicted octanol–water partition coefficient (Wildman–Crippen LogP) is 1.64. The molecule has 3 N–H and O–H groups in total. The van der Waals surface area contributed by atoms with Crippen molar-refractivity contribution >= 4 is 15.9 Å². The maximum atomic E-state index is 12.3. The van der Waals surface area contributed by atoms with E-state index in [0.29, 0.717) is 5.56 Å². The number of sulfonamides is 1. The fourth-order valence-corrected chi connectivity index (χ4v) is 3.89. The highest BCUT2D eigenvalue weighted by Gasteiger charge is 2.33. The molecule has 0 saturated heterocycles. The Morgan fingerprint density at radius 3 is 2.35 bits per heavy atom. The minimum absolute atomic E-state index is 0.0224. The SMILES string of the molecule is CC1(C)CCC(NS(=O)(=O)c2ccc(C(N)=O)cc2)C1. The molecule has 1 aliphatic rings. The molecule has 0 spiro atoms. The minimum atomic E-state index is -3.54. The highest BCUT2D eigenvalue weighted by Crippen LogP contribution is 2.37. The lowest BCUT2D eigenvalue weighted by molar-refractivity contribution is 0.1000. The summed E-state index contributed by atoms with van der Waals surface area (Å²) in [6.45, 7) is 4.28. The van der Waals surface area contributed by atoms with Gasteiger partial charge in [0.15, 0.2) is 0 Å². The van der Waals surface area contributed by atoms with Gasteiger partial charge in [-0.15, -0.1) is 0 Å². The van der Waals surface area contributed by atoms with Crippen LogP contribution in [0, 0.1) is 5.41 Å². The lowest BCUT2D eigenvalue weighted by Crippen LogP contribution is -2.33. The summed E-state index contributed by atoms with van der Waals surface area (Å²) in [7, 11) is -3.54. The summed E-state index contributed by atoms with van der Waals surface area (Å²) >= 11 is 0. The van der Waals surface area contributed by atoms with Gasteiger partial charge in [0.2, 0.25) is 15.9 Å². The van der Waals surface area contributed by atoms with Crippen molar-refractivity contribution in [1.29, 1.82) is 0 Å². The van der Waals surface area contributed by atoms with Crippen molar-refractivity contribution in [3.05, 3.63) is 29.8 Å². The van der Waals surface area contributed by atoms with Crippen LogP contribution in [0.25, 0.3) is 0 Å². The van der Waals surface area contributed by atoms with E-state index in [-0.39, 0.29) is 16.4 Å². The van der Waals surface area contributed by atoms with E-state index in [4.69, 9.17) is 5.73 Å². The second-order valence-corrected chi connectivity index (χ2v) is 7.83. The van der Waals surface area contributed by atoms with Crippen LogP contribution in [0.3, 0.4) is 0 Å². The highest BCUT2D eigenvalue weighted by molar-refractivity contribution is 7.89. The molecule has 1 saturated carbocycles. The lowest BCUT2D eigenvalue weighted by atomic mass is 9.92. The molecule has 0 radical (unpaired) electrons. The van der Waals surface area contributed by atoms with E-state index < -0.39 is 15.9 Å². The molecule has 6 heteroatoms. The van der Waals surface area contributed by atoms with Gasteiger partial charge in [-0.3, -0.25) is 4.79 Å². The van der Waals surface area contributed by atoms with Crippen molar-refractivity contribution in [3.63, 3.8) is 0 Å². The molecule has 20 heavy (non-hydrogen) atoms. The topological polar surface area (TPSA) is 89.3 Å². The van der Waals surface area contributed by atoms with Gasteiger partial charge in [-0.1, -0.05) is 13.8 Å². The molecule has 0 bridgehead atoms. The van der Waals surface area contributed by atoms with E-state index in [1.54, 1.807) is 0 Å². The Labute approximate surface area is 119 Å². The molecule has 0 aromatic heterocycles. The molecule has 0 aliphatic heterocycles. The molecule has 2 rings (SSSR count). The average Bonchev–Trinajstić information content (AvgIpc) is 2.68. The van der Waals surface area contributed by atoms with Gasteiger partial charge in [-0.05, 0) is 48.9 Å². The van der Waals surface area contributed by atoms with E-state index in [1.165, 1.54) is 24.3 Å². The summed E-state index contributed by atoms with van der Waals surface area (Å²) < 4.78 is 27.2. The number of rotatable bonds is 4. The van der Waals surface area contributed by atoms with Crippen molar-refractivity contribution in [2.24, 2.45) is 11.1 Å². The monoisotopic (exact) mass is 296 g/mol. The molecule has 1 aromatic carbocycles. The van der Waals surface area contributed by atoms with E-state index >= 15 is 0 Å². The third-order valence-corrected chi connectivity index (χ3v) is 5.28. The summed E-state index contributed by atoms with van der Waals surface area (Å²) in [4.78, 5) is 11.1. The number of primary amides is 1. The zero-order valence-corrected chi connectivity index (χ0v) is 12.5. The summed E-state index contributed by atoms with van der Waals surface area (Å²) in [5.41, 5.74) is 5.61. The first-order chi connectivity index (χ1) is 9.20. The summed E-state index contributed by atoms with van der Waals surface area (Å²) in [6, 6.07) is 5.64. The first-order valence-electron chi connectivity index (χ1n) is 6.62. The van der Waals surface area contributed by atoms with Crippen molar-refractivity contribution in [2.75, 3.05) is 0 Å². The second kappa shape index (κ2) is 5.18. The van der Waals surface area contributed by atoms with Crippen LogP contribution in [0.5, 0.6) is 0 Å². The molecule has 1 unspecified atom stereocenters. The number of hydrogen-bond acceptors (Lipinski definition) is 3. The molecular formula is C14H20N2O3S. The lowest BCUT2D eigenvalue weighted by Gasteiger charge is -2.18. The van der Waals surface area contributed by atoms with Crippen LogP contribution in [-0.4, -0.2) is 20.4 Å². The Morgan fingerprint density at radius 1 is 1.30 bits per heavy atom. The number of amides is 1. The predicted molar refractivity (Wildman–Crippen MR) is 76.7 cm³/mol. The number of carbonyl (C=O) groups excluding carboxylic acids is 1. The largest absolute Gasteiger partial charge is 0.366 e. The highest BCUT2D eigenvalue weighted by atomic mass is 32.2. The fourth-order valence-electron chi connectivity index (χ4n) is 2.62. The molecule has 110 valence electrons. The van der Waals surface area contributed by atoms with Gasteiger partial charge < -0.3 is 5.73 Å². The summed E-state index contributed by atoms with van der Waals surface area (Å²) in [6.07, 6.45) is 2.71. The van der Waals surface area contributed by atoms with Gasteiger partial charge in [-0.2, -0.15) is 0 Å². The van der Waals surface area contributed by atoms with Crippen LogP contribution >= 0.6 is 0 Å². The molecule has 1 aliphatic carbocycles. The first-order valence-corrected chi connectivity index (χ1v) is 8.10. The third-order valence-electron chi connectivity index (χ3n) is 3.74. The zero-order valence-electron chi connectivity index (χ0n) is 11.7. The van der Waals surface area contributed by atoms with E-state index in [1.807, 2.05) is 0 Å². The number of hydrogen-bond donors (Lipinski definition) is 2. The molecule has 1 aromatic rings. The molecular weight excluding hydrogens is 276 g/mol. The Hall–Kier alpha value is -1.40. The van der Waals surface area contributed by atoms with Crippen LogP contribution in [0.4, 0.5) is 0 Å². The Morgan fingerprint density at radius 2 is 1.90 bits per heavy atom. The van der Waals surface area contributed by atoms with E-state index in [9.17, 15) is 13.2 Å². The van der Waals surface area contributed by atoms with E-state index in [0.717, 1.165) is 19.3 Å². The Balaban J connectivity index is 2.12. The van der Waals surface area contributed by atoms with Crippen LogP contribution in [0.15, 0.2) is 29.2 Å². The third kappa shape index (κ3) is 3.37. The number of benzene rings is 1. The van der Waals surface area contributed by atoms with Crippen LogP contribution in [0.1, 0.15) is 43.5 Å². The van der Waals surface area contributed by atoms with Crippen LogP contribution in [-0.2, 0) is 10.0 Å². The van der Waals surface area contributed by atoms with Gasteiger partial charge in [0.25, 0.3) is 0 Å². The Kier molecular flexibility index (Phi) is 3.88. The number of carbonyl (C=O) groups is 1. The number of nitrogens with one attached hydrogen (secondary N) is 1. The van der Waals surface area contributed by atoms with Crippen molar-refractivity contribution < 1.29 is 13.2 Å². The van der Waals surface area contributed by atoms with Crippen molar-refractivity contribution in [3.8, 4) is 0 Å². The molecule has 5 nitrogen and oxygen atoms in total. The standard InChI is InChI=1S/C14H20N2O3S/c1-14(2)8-7-11(9-14)16-20(18,19)12-5-3-10(4-6-12)13(15)17/h3-6,11,16H,7-9H2,1-2H3,(H2,15,17). The van der Waals surface area contributed by atoms with Crippen LogP contribution in [0.2, 0.25) is 0 Å². The van der Waals surface area contributed by atoms with Gasteiger partial charge in [0.05, 0.1) is 4.90 Å². The summed E-state index contributed by atoms with van der Waals surface area (Å²) in [5.74, 6) is -0.570. The Bertz CT molecular complexity index is 606. The van der Waals surface area contributed by atoms with Gasteiger partial charge >= 0.3 is 0 Å². The summed E-state index contributed by atoms with van der Waals surface area (Å²) in [5, 5.41) is 0. The van der Waals surface area contributed by atoms with Crippen LogP contribution < -0.4 is 10.5 Å². The smallest absolute Gasteiger partial charge is 0.248 e. The zero-order chi connectivity index (χ0) is 15.0. The molecule has 1 fully saturated rings. The van der Waals surface area contributed by atoms with E-state index in [2.05, 4.69) is 18.6 Å². The van der Waals surface area contributed by atoms with Gasteiger partial charge in [0, 0.05) is 11.6 Å². The first kappa shape index (κ1) is 15.0. The van der Waals surface area contributed by atoms with Crippen molar-refractivity contribution in [2.45, 2.75) is 44.0 Å².